The van der Waals surface area contributed by atoms with Crippen molar-refractivity contribution >= 4 is 23.4 Å². The molecular formula is C20H22ClN3OS. The van der Waals surface area contributed by atoms with Gasteiger partial charge in [-0.05, 0) is 50.1 Å². The maximum absolute atomic E-state index is 5.96. The summed E-state index contributed by atoms with van der Waals surface area (Å²) in [5.74, 6) is 2.55. The number of thioether (sulfide) groups is 1. The van der Waals surface area contributed by atoms with Crippen LogP contribution >= 0.6 is 23.4 Å². The maximum Gasteiger partial charge on any atom is 0.191 e. The van der Waals surface area contributed by atoms with Gasteiger partial charge >= 0.3 is 0 Å². The zero-order chi connectivity index (χ0) is 18.5. The van der Waals surface area contributed by atoms with Crippen molar-refractivity contribution in [3.8, 4) is 5.75 Å². The van der Waals surface area contributed by atoms with E-state index in [0.29, 0.717) is 6.61 Å². The van der Waals surface area contributed by atoms with Gasteiger partial charge in [0.25, 0.3) is 0 Å². The highest BCUT2D eigenvalue weighted by molar-refractivity contribution is 7.98. The lowest BCUT2D eigenvalue weighted by Crippen LogP contribution is -2.07. The molecule has 2 aromatic carbocycles. The Labute approximate surface area is 163 Å². The van der Waals surface area contributed by atoms with Crippen molar-refractivity contribution in [2.45, 2.75) is 44.8 Å². The van der Waals surface area contributed by atoms with E-state index in [9.17, 15) is 0 Å². The summed E-state index contributed by atoms with van der Waals surface area (Å²) in [5, 5.41) is 10.3. The lowest BCUT2D eigenvalue weighted by atomic mass is 10.1. The summed E-state index contributed by atoms with van der Waals surface area (Å²) in [6.07, 6.45) is 0. The summed E-state index contributed by atoms with van der Waals surface area (Å²) < 4.78 is 8.06. The van der Waals surface area contributed by atoms with Crippen molar-refractivity contribution in [1.82, 2.24) is 14.8 Å². The molecule has 0 aliphatic rings. The molecule has 136 valence electrons. The summed E-state index contributed by atoms with van der Waals surface area (Å²) in [5.41, 5.74) is 3.57. The van der Waals surface area contributed by atoms with E-state index in [-0.39, 0.29) is 0 Å². The highest BCUT2D eigenvalue weighted by Crippen LogP contribution is 2.24. The van der Waals surface area contributed by atoms with E-state index in [1.54, 1.807) is 11.8 Å². The molecule has 1 aromatic heterocycles. The second-order valence-electron chi connectivity index (χ2n) is 6.12. The maximum atomic E-state index is 5.96. The Bertz CT molecular complexity index is 877. The SMILES string of the molecule is CCn1c(COc2ccc(C)cc2C)nnc1SCc1ccc(Cl)cc1. The van der Waals surface area contributed by atoms with Gasteiger partial charge < -0.3 is 9.30 Å². The van der Waals surface area contributed by atoms with Crippen LogP contribution in [0.25, 0.3) is 0 Å². The Kier molecular flexibility index (Phi) is 6.22. The Morgan fingerprint density at radius 2 is 1.85 bits per heavy atom. The third-order valence-electron chi connectivity index (χ3n) is 4.08. The van der Waals surface area contributed by atoms with Gasteiger partial charge in [0.1, 0.15) is 12.4 Å². The average molecular weight is 388 g/mol. The first-order valence-electron chi connectivity index (χ1n) is 8.56. The molecule has 0 amide bonds. The normalized spacial score (nSPS) is 10.9. The first-order valence-corrected chi connectivity index (χ1v) is 9.92. The molecule has 0 unspecified atom stereocenters. The molecule has 0 saturated carbocycles. The van der Waals surface area contributed by atoms with Gasteiger partial charge in [0, 0.05) is 17.3 Å². The molecule has 0 fully saturated rings. The number of hydrogen-bond donors (Lipinski definition) is 0. The third-order valence-corrected chi connectivity index (χ3v) is 5.37. The smallest absolute Gasteiger partial charge is 0.191 e. The molecule has 0 aliphatic heterocycles. The minimum absolute atomic E-state index is 0.409. The van der Waals surface area contributed by atoms with Gasteiger partial charge in [-0.2, -0.15) is 0 Å². The van der Waals surface area contributed by atoms with Crippen molar-refractivity contribution in [3.63, 3.8) is 0 Å². The van der Waals surface area contributed by atoms with Crippen LogP contribution < -0.4 is 4.74 Å². The van der Waals surface area contributed by atoms with Crippen LogP contribution in [0.15, 0.2) is 47.6 Å². The first-order chi connectivity index (χ1) is 12.6. The molecule has 3 rings (SSSR count). The van der Waals surface area contributed by atoms with E-state index in [2.05, 4.69) is 47.7 Å². The van der Waals surface area contributed by atoms with E-state index >= 15 is 0 Å². The van der Waals surface area contributed by atoms with E-state index in [1.165, 1.54) is 11.1 Å². The van der Waals surface area contributed by atoms with Gasteiger partial charge in [-0.25, -0.2) is 0 Å². The van der Waals surface area contributed by atoms with Crippen LogP contribution in [0.2, 0.25) is 5.02 Å². The Morgan fingerprint density at radius 1 is 1.08 bits per heavy atom. The predicted molar refractivity (Wildman–Crippen MR) is 107 cm³/mol. The molecule has 1 heterocycles. The zero-order valence-corrected chi connectivity index (χ0v) is 16.8. The standard InChI is InChI=1S/C20H22ClN3OS/c1-4-24-19(12-25-18-10-5-14(2)11-15(18)3)22-23-20(24)26-13-16-6-8-17(21)9-7-16/h5-11H,4,12-13H2,1-3H3. The van der Waals surface area contributed by atoms with Gasteiger partial charge in [-0.1, -0.05) is 53.2 Å². The van der Waals surface area contributed by atoms with Gasteiger partial charge in [0.15, 0.2) is 11.0 Å². The van der Waals surface area contributed by atoms with E-state index < -0.39 is 0 Å². The van der Waals surface area contributed by atoms with Crippen molar-refractivity contribution in [2.24, 2.45) is 0 Å². The predicted octanol–water partition coefficient (Wildman–Crippen LogP) is 5.44. The minimum Gasteiger partial charge on any atom is -0.485 e. The number of ether oxygens (including phenoxy) is 1. The van der Waals surface area contributed by atoms with Gasteiger partial charge in [0.05, 0.1) is 0 Å². The van der Waals surface area contributed by atoms with Crippen LogP contribution in [-0.2, 0) is 18.9 Å². The van der Waals surface area contributed by atoms with E-state index in [1.807, 2.05) is 30.3 Å². The Hall–Kier alpha value is -1.98. The number of halogens is 1. The topological polar surface area (TPSA) is 39.9 Å². The number of nitrogens with zero attached hydrogens (tertiary/aromatic N) is 3. The van der Waals surface area contributed by atoms with Gasteiger partial charge in [0.2, 0.25) is 0 Å². The second kappa shape index (κ2) is 8.60. The number of aryl methyl sites for hydroxylation is 2. The minimum atomic E-state index is 0.409. The quantitative estimate of drug-likeness (QED) is 0.506. The van der Waals surface area contributed by atoms with Crippen LogP contribution in [0.1, 0.15) is 29.4 Å². The lowest BCUT2D eigenvalue weighted by Gasteiger charge is -2.11. The number of benzene rings is 2. The third kappa shape index (κ3) is 4.59. The summed E-state index contributed by atoms with van der Waals surface area (Å²) >= 11 is 7.61. The summed E-state index contributed by atoms with van der Waals surface area (Å²) in [6, 6.07) is 14.1. The molecule has 3 aromatic rings. The van der Waals surface area contributed by atoms with Crippen LogP contribution in [0.4, 0.5) is 0 Å². The van der Waals surface area contributed by atoms with Crippen LogP contribution in [0.3, 0.4) is 0 Å². The summed E-state index contributed by atoms with van der Waals surface area (Å²) in [7, 11) is 0. The van der Waals surface area contributed by atoms with Crippen molar-refractivity contribution in [2.75, 3.05) is 0 Å². The van der Waals surface area contributed by atoms with Gasteiger partial charge in [-0.3, -0.25) is 0 Å². The van der Waals surface area contributed by atoms with Crippen LogP contribution in [0, 0.1) is 13.8 Å². The highest BCUT2D eigenvalue weighted by atomic mass is 35.5. The summed E-state index contributed by atoms with van der Waals surface area (Å²) in [4.78, 5) is 0. The fourth-order valence-electron chi connectivity index (χ4n) is 2.68. The number of aromatic nitrogens is 3. The highest BCUT2D eigenvalue weighted by Gasteiger charge is 2.12. The molecule has 6 heteroatoms. The van der Waals surface area contributed by atoms with Crippen molar-refractivity contribution in [3.05, 3.63) is 70.0 Å². The Balaban J connectivity index is 1.66. The van der Waals surface area contributed by atoms with Crippen molar-refractivity contribution in [1.29, 1.82) is 0 Å². The molecule has 0 spiro atoms. The van der Waals surface area contributed by atoms with E-state index in [0.717, 1.165) is 39.6 Å². The molecule has 0 bridgehead atoms. The largest absolute Gasteiger partial charge is 0.485 e. The van der Waals surface area contributed by atoms with E-state index in [4.69, 9.17) is 16.3 Å². The molecule has 26 heavy (non-hydrogen) atoms. The molecule has 0 atom stereocenters. The van der Waals surface area contributed by atoms with Crippen molar-refractivity contribution < 1.29 is 4.74 Å². The molecule has 4 nitrogen and oxygen atoms in total. The van der Waals surface area contributed by atoms with Gasteiger partial charge in [-0.15, -0.1) is 10.2 Å². The fraction of sp³-hybridized carbons (Fsp3) is 0.300. The lowest BCUT2D eigenvalue weighted by molar-refractivity contribution is 0.286. The molecule has 0 aliphatic carbocycles. The van der Waals surface area contributed by atoms with Crippen LogP contribution in [-0.4, -0.2) is 14.8 Å². The second-order valence-corrected chi connectivity index (χ2v) is 7.49. The molecule has 0 radical (unpaired) electrons. The molecular weight excluding hydrogens is 366 g/mol. The number of rotatable bonds is 7. The fourth-order valence-corrected chi connectivity index (χ4v) is 3.79. The Morgan fingerprint density at radius 3 is 2.54 bits per heavy atom. The zero-order valence-electron chi connectivity index (χ0n) is 15.2. The monoisotopic (exact) mass is 387 g/mol. The number of hydrogen-bond acceptors (Lipinski definition) is 4. The average Bonchev–Trinajstić information content (AvgIpc) is 3.02. The molecule has 0 saturated heterocycles. The first kappa shape index (κ1) is 18.8. The summed E-state index contributed by atoms with van der Waals surface area (Å²) in [6.45, 7) is 7.44. The molecule has 0 N–H and O–H groups in total. The van der Waals surface area contributed by atoms with Crippen LogP contribution in [0.5, 0.6) is 5.75 Å².